The molecule has 5 heteroatoms. The summed E-state index contributed by atoms with van der Waals surface area (Å²) in [7, 11) is 0. The number of carboxylic acid groups (broad SMARTS) is 1. The topological polar surface area (TPSA) is 54.6 Å². The van der Waals surface area contributed by atoms with Crippen molar-refractivity contribution in [3.8, 4) is 11.3 Å². The van der Waals surface area contributed by atoms with E-state index in [-0.39, 0.29) is 6.42 Å². The van der Waals surface area contributed by atoms with Crippen molar-refractivity contribution in [3.05, 3.63) is 57.3 Å². The molecule has 0 bridgehead atoms. The summed E-state index contributed by atoms with van der Waals surface area (Å²) >= 11 is 3.51. The van der Waals surface area contributed by atoms with Crippen molar-refractivity contribution in [2.45, 2.75) is 27.2 Å². The lowest BCUT2D eigenvalue weighted by Crippen LogP contribution is -2.05. The van der Waals surface area contributed by atoms with Crippen molar-refractivity contribution in [2.24, 2.45) is 0 Å². The van der Waals surface area contributed by atoms with Crippen molar-refractivity contribution in [1.82, 2.24) is 9.38 Å². The molecule has 2 aromatic heterocycles. The maximum Gasteiger partial charge on any atom is 0.309 e. The Kier molecular flexibility index (Phi) is 3.98. The number of carboxylic acids is 1. The predicted octanol–water partition coefficient (Wildman–Crippen LogP) is 4.32. The van der Waals surface area contributed by atoms with E-state index in [2.05, 4.69) is 22.0 Å². The van der Waals surface area contributed by atoms with Crippen molar-refractivity contribution in [2.75, 3.05) is 0 Å². The number of aryl methyl sites for hydroxylation is 3. The number of hydrogen-bond donors (Lipinski definition) is 1. The second kappa shape index (κ2) is 5.81. The van der Waals surface area contributed by atoms with Crippen LogP contribution in [0.4, 0.5) is 0 Å². The molecule has 0 saturated carbocycles. The number of rotatable bonds is 3. The van der Waals surface area contributed by atoms with Gasteiger partial charge in [-0.3, -0.25) is 4.79 Å². The summed E-state index contributed by atoms with van der Waals surface area (Å²) in [6, 6.07) is 8.09. The second-order valence-electron chi connectivity index (χ2n) is 5.83. The highest BCUT2D eigenvalue weighted by Crippen LogP contribution is 2.30. The van der Waals surface area contributed by atoms with Crippen LogP contribution in [0.2, 0.25) is 0 Å². The van der Waals surface area contributed by atoms with Crippen molar-refractivity contribution < 1.29 is 9.90 Å². The highest BCUT2D eigenvalue weighted by atomic mass is 79.9. The number of carbonyl (C=O) groups is 1. The molecule has 0 saturated heterocycles. The highest BCUT2D eigenvalue weighted by Gasteiger charge is 2.18. The Morgan fingerprint density at radius 2 is 1.96 bits per heavy atom. The zero-order chi connectivity index (χ0) is 16.7. The van der Waals surface area contributed by atoms with Crippen LogP contribution in [0.5, 0.6) is 0 Å². The fraction of sp³-hybridized carbons (Fsp3) is 0.222. The molecule has 0 aliphatic heterocycles. The van der Waals surface area contributed by atoms with E-state index in [1.807, 2.05) is 49.6 Å². The van der Waals surface area contributed by atoms with Crippen molar-refractivity contribution >= 4 is 27.5 Å². The van der Waals surface area contributed by atoms with Gasteiger partial charge in [-0.1, -0.05) is 23.8 Å². The Morgan fingerprint density at radius 3 is 2.61 bits per heavy atom. The fourth-order valence-corrected chi connectivity index (χ4v) is 3.14. The molecule has 0 atom stereocenters. The van der Waals surface area contributed by atoms with Crippen LogP contribution in [-0.4, -0.2) is 20.5 Å². The lowest BCUT2D eigenvalue weighted by molar-refractivity contribution is -0.136. The largest absolute Gasteiger partial charge is 0.481 e. The standard InChI is InChI=1S/C18H17BrN2O2/c1-10-4-5-13(11(2)6-10)18-15(8-17(22)23)21-9-14(19)12(3)7-16(21)20-18/h4-7,9H,8H2,1-3H3,(H,22,23). The van der Waals surface area contributed by atoms with E-state index in [9.17, 15) is 9.90 Å². The molecule has 0 aliphatic rings. The van der Waals surface area contributed by atoms with Crippen molar-refractivity contribution in [3.63, 3.8) is 0 Å². The zero-order valence-electron chi connectivity index (χ0n) is 13.2. The molecule has 4 nitrogen and oxygen atoms in total. The van der Waals surface area contributed by atoms with Gasteiger partial charge in [0.1, 0.15) is 5.65 Å². The minimum atomic E-state index is -0.866. The lowest BCUT2D eigenvalue weighted by atomic mass is 10.0. The Morgan fingerprint density at radius 1 is 1.22 bits per heavy atom. The van der Waals surface area contributed by atoms with Gasteiger partial charge in [0, 0.05) is 16.2 Å². The normalized spacial score (nSPS) is 11.1. The minimum absolute atomic E-state index is 0.0701. The molecule has 3 aromatic rings. The number of imidazole rings is 1. The molecule has 0 radical (unpaired) electrons. The molecule has 3 rings (SSSR count). The second-order valence-corrected chi connectivity index (χ2v) is 6.68. The number of benzene rings is 1. The molecule has 0 spiro atoms. The molecular formula is C18H17BrN2O2. The third kappa shape index (κ3) is 2.88. The Hall–Kier alpha value is -2.14. The van der Waals surface area contributed by atoms with Gasteiger partial charge in [-0.2, -0.15) is 0 Å². The average Bonchev–Trinajstić information content (AvgIpc) is 2.77. The smallest absolute Gasteiger partial charge is 0.309 e. The first-order valence-corrected chi connectivity index (χ1v) is 8.12. The molecule has 2 heterocycles. The van der Waals surface area contributed by atoms with Crippen LogP contribution in [0.25, 0.3) is 16.9 Å². The number of fused-ring (bicyclic) bond motifs is 1. The Balaban J connectivity index is 2.32. The summed E-state index contributed by atoms with van der Waals surface area (Å²) in [5.41, 5.74) is 6.50. The van der Waals surface area contributed by atoms with Gasteiger partial charge in [-0.15, -0.1) is 0 Å². The SMILES string of the molecule is Cc1ccc(-c2nc3cc(C)c(Br)cn3c2CC(=O)O)c(C)c1. The Bertz CT molecular complexity index is 928. The van der Waals surface area contributed by atoms with E-state index < -0.39 is 5.97 Å². The van der Waals surface area contributed by atoms with E-state index in [1.54, 1.807) is 0 Å². The van der Waals surface area contributed by atoms with Crippen LogP contribution >= 0.6 is 15.9 Å². The first-order chi connectivity index (χ1) is 10.9. The maximum atomic E-state index is 11.3. The molecular weight excluding hydrogens is 356 g/mol. The Labute approximate surface area is 142 Å². The van der Waals surface area contributed by atoms with Gasteiger partial charge < -0.3 is 9.51 Å². The van der Waals surface area contributed by atoms with Crippen LogP contribution in [0.3, 0.4) is 0 Å². The molecule has 1 N–H and O–H groups in total. The molecule has 0 unspecified atom stereocenters. The van der Waals surface area contributed by atoms with Gasteiger partial charge in [0.25, 0.3) is 0 Å². The van der Waals surface area contributed by atoms with Crippen LogP contribution in [0, 0.1) is 20.8 Å². The number of aliphatic carboxylic acids is 1. The summed E-state index contributed by atoms with van der Waals surface area (Å²) < 4.78 is 2.79. The monoisotopic (exact) mass is 372 g/mol. The molecule has 23 heavy (non-hydrogen) atoms. The summed E-state index contributed by atoms with van der Waals surface area (Å²) in [6.45, 7) is 6.06. The average molecular weight is 373 g/mol. The van der Waals surface area contributed by atoms with E-state index in [1.165, 1.54) is 5.56 Å². The fourth-order valence-electron chi connectivity index (χ4n) is 2.82. The molecule has 118 valence electrons. The number of pyridine rings is 1. The van der Waals surface area contributed by atoms with E-state index >= 15 is 0 Å². The summed E-state index contributed by atoms with van der Waals surface area (Å²) in [6.07, 6.45) is 1.82. The lowest BCUT2D eigenvalue weighted by Gasteiger charge is -2.07. The summed E-state index contributed by atoms with van der Waals surface area (Å²) in [4.78, 5) is 16.0. The van der Waals surface area contributed by atoms with Gasteiger partial charge in [0.05, 0.1) is 17.8 Å². The van der Waals surface area contributed by atoms with Gasteiger partial charge >= 0.3 is 5.97 Å². The van der Waals surface area contributed by atoms with Gasteiger partial charge in [0.2, 0.25) is 0 Å². The van der Waals surface area contributed by atoms with Gasteiger partial charge in [0.15, 0.2) is 0 Å². The van der Waals surface area contributed by atoms with Crippen LogP contribution in [-0.2, 0) is 11.2 Å². The first-order valence-electron chi connectivity index (χ1n) is 7.33. The predicted molar refractivity (Wildman–Crippen MR) is 93.9 cm³/mol. The number of halogens is 1. The third-order valence-corrected chi connectivity index (χ3v) is 4.79. The summed E-state index contributed by atoms with van der Waals surface area (Å²) in [5, 5.41) is 9.30. The van der Waals surface area contributed by atoms with E-state index in [0.29, 0.717) is 5.69 Å². The zero-order valence-corrected chi connectivity index (χ0v) is 14.8. The number of hydrogen-bond acceptors (Lipinski definition) is 2. The summed E-state index contributed by atoms with van der Waals surface area (Å²) in [5.74, 6) is -0.866. The van der Waals surface area contributed by atoms with Gasteiger partial charge in [-0.05, 0) is 53.9 Å². The molecule has 0 amide bonds. The third-order valence-electron chi connectivity index (χ3n) is 3.96. The quantitative estimate of drug-likeness (QED) is 0.744. The highest BCUT2D eigenvalue weighted by molar-refractivity contribution is 9.10. The molecule has 0 fully saturated rings. The van der Waals surface area contributed by atoms with Crippen LogP contribution < -0.4 is 0 Å². The van der Waals surface area contributed by atoms with Crippen LogP contribution in [0.15, 0.2) is 34.9 Å². The first kappa shape index (κ1) is 15.7. The molecule has 0 aliphatic carbocycles. The van der Waals surface area contributed by atoms with E-state index in [0.717, 1.165) is 32.5 Å². The maximum absolute atomic E-state index is 11.3. The van der Waals surface area contributed by atoms with Crippen molar-refractivity contribution in [1.29, 1.82) is 0 Å². The number of nitrogens with zero attached hydrogens (tertiary/aromatic N) is 2. The van der Waals surface area contributed by atoms with Gasteiger partial charge in [-0.25, -0.2) is 4.98 Å². The minimum Gasteiger partial charge on any atom is -0.481 e. The van der Waals surface area contributed by atoms with E-state index in [4.69, 9.17) is 4.98 Å². The number of aromatic nitrogens is 2. The molecule has 1 aromatic carbocycles. The van der Waals surface area contributed by atoms with Crippen LogP contribution in [0.1, 0.15) is 22.4 Å².